The quantitative estimate of drug-likeness (QED) is 0.270. The predicted octanol–water partition coefficient (Wildman–Crippen LogP) is 5.81. The van der Waals surface area contributed by atoms with Gasteiger partial charge in [0.15, 0.2) is 4.34 Å². The highest BCUT2D eigenvalue weighted by atomic mass is 35.5. The first kappa shape index (κ1) is 25.8. The normalized spacial score (nSPS) is 11.6. The Morgan fingerprint density at radius 1 is 1.12 bits per heavy atom. The van der Waals surface area contributed by atoms with Gasteiger partial charge in [0.05, 0.1) is 18.5 Å². The van der Waals surface area contributed by atoms with E-state index in [4.69, 9.17) is 23.2 Å². The van der Waals surface area contributed by atoms with E-state index in [1.807, 2.05) is 0 Å². The molecule has 1 amide bonds. The van der Waals surface area contributed by atoms with Gasteiger partial charge in [-0.3, -0.25) is 14.4 Å². The van der Waals surface area contributed by atoms with E-state index in [1.165, 1.54) is 15.6 Å². The van der Waals surface area contributed by atoms with Gasteiger partial charge in [0.2, 0.25) is 15.2 Å². The maximum atomic E-state index is 12.6. The summed E-state index contributed by atoms with van der Waals surface area (Å²) in [6, 6.07) is 11.2. The minimum atomic E-state index is -3.64. The molecule has 2 aromatic carbocycles. The Balaban J connectivity index is 1.75. The highest BCUT2D eigenvalue weighted by Gasteiger charge is 2.21. The van der Waals surface area contributed by atoms with E-state index in [2.05, 4.69) is 29.4 Å². The highest BCUT2D eigenvalue weighted by molar-refractivity contribution is 8.01. The van der Waals surface area contributed by atoms with Crippen molar-refractivity contribution in [1.82, 2.24) is 10.2 Å². The van der Waals surface area contributed by atoms with E-state index in [9.17, 15) is 13.2 Å². The molecule has 0 aliphatic rings. The molecule has 0 atom stereocenters. The number of hydrogen-bond donors (Lipinski definition) is 1. The number of aromatic nitrogens is 2. The molecule has 1 N–H and O–H groups in total. The van der Waals surface area contributed by atoms with Gasteiger partial charge in [-0.1, -0.05) is 66.2 Å². The number of carbonyl (C=O) groups excluding carboxylic acids is 1. The van der Waals surface area contributed by atoms with Gasteiger partial charge < -0.3 is 0 Å². The number of hydrogen-bond acceptors (Lipinski definition) is 7. The van der Waals surface area contributed by atoms with E-state index in [-0.39, 0.29) is 12.5 Å². The summed E-state index contributed by atoms with van der Waals surface area (Å²) in [6.45, 7) is 4.20. The monoisotopic (exact) mass is 544 g/mol. The molecule has 0 unspecified atom stereocenters. The minimum absolute atomic E-state index is 0.0372. The van der Waals surface area contributed by atoms with Gasteiger partial charge in [-0.15, -0.1) is 10.2 Å². The highest BCUT2D eigenvalue weighted by Crippen LogP contribution is 2.30. The van der Waals surface area contributed by atoms with Gasteiger partial charge in [0, 0.05) is 26.9 Å². The van der Waals surface area contributed by atoms with Crippen LogP contribution in [-0.4, -0.2) is 36.5 Å². The maximum Gasteiger partial charge on any atom is 0.257 e. The fourth-order valence-corrected chi connectivity index (χ4v) is 5.84. The molecule has 33 heavy (non-hydrogen) atoms. The molecule has 176 valence electrons. The van der Waals surface area contributed by atoms with Crippen LogP contribution in [0.25, 0.3) is 0 Å². The van der Waals surface area contributed by atoms with E-state index in [0.29, 0.717) is 37.9 Å². The molecular formula is C21H22Cl2N4O3S3. The lowest BCUT2D eigenvalue weighted by atomic mass is 10.1. The Morgan fingerprint density at radius 3 is 2.33 bits per heavy atom. The van der Waals surface area contributed by atoms with Gasteiger partial charge in [0.25, 0.3) is 5.91 Å². The molecule has 0 saturated carbocycles. The fraction of sp³-hybridized carbons (Fsp3) is 0.286. The summed E-state index contributed by atoms with van der Waals surface area (Å²) in [5.41, 5.74) is 1.23. The zero-order chi connectivity index (χ0) is 24.2. The van der Waals surface area contributed by atoms with Crippen LogP contribution in [0.15, 0.2) is 46.8 Å². The molecule has 12 heteroatoms. The summed E-state index contributed by atoms with van der Waals surface area (Å²) in [5.74, 6) is 1.08. The number of anilines is 2. The second kappa shape index (κ2) is 11.1. The van der Waals surface area contributed by atoms with Crippen LogP contribution in [0, 0.1) is 5.92 Å². The van der Waals surface area contributed by atoms with Crippen molar-refractivity contribution in [3.8, 4) is 0 Å². The zero-order valence-corrected chi connectivity index (χ0v) is 22.0. The minimum Gasteiger partial charge on any atom is -0.296 e. The van der Waals surface area contributed by atoms with E-state index in [0.717, 1.165) is 16.3 Å². The number of thioether (sulfide) groups is 1. The van der Waals surface area contributed by atoms with Crippen LogP contribution in [0.3, 0.4) is 0 Å². The largest absolute Gasteiger partial charge is 0.296 e. The standard InChI is InChI=1S/C21H22Cl2N4O3S3/c1-13(2)12-31-21-26-25-20(32-21)24-19(28)14-7-9-15(10-8-14)27(33(3,29)30)11-16-17(22)5-4-6-18(16)23/h4-10,13H,11-12H2,1-3H3,(H,24,25,28). The van der Waals surface area contributed by atoms with E-state index < -0.39 is 10.0 Å². The number of carbonyl (C=O) groups is 1. The summed E-state index contributed by atoms with van der Waals surface area (Å²) in [5, 5.41) is 12.0. The SMILES string of the molecule is CC(C)CSc1nnc(NC(=O)c2ccc(N(Cc3c(Cl)cccc3Cl)S(C)(=O)=O)cc2)s1. The van der Waals surface area contributed by atoms with Crippen LogP contribution in [0.4, 0.5) is 10.8 Å². The lowest BCUT2D eigenvalue weighted by Gasteiger charge is -2.23. The summed E-state index contributed by atoms with van der Waals surface area (Å²) in [6.07, 6.45) is 1.10. The van der Waals surface area contributed by atoms with Crippen molar-refractivity contribution >= 4 is 73.0 Å². The van der Waals surface area contributed by atoms with Crippen LogP contribution < -0.4 is 9.62 Å². The number of sulfonamides is 1. The third kappa shape index (κ3) is 7.07. The van der Waals surface area contributed by atoms with Crippen molar-refractivity contribution < 1.29 is 13.2 Å². The van der Waals surface area contributed by atoms with Crippen molar-refractivity contribution in [3.63, 3.8) is 0 Å². The molecule has 3 rings (SSSR count). The van der Waals surface area contributed by atoms with Gasteiger partial charge in [-0.05, 0) is 42.3 Å². The number of nitrogens with one attached hydrogen (secondary N) is 1. The molecule has 0 aliphatic heterocycles. The zero-order valence-electron chi connectivity index (χ0n) is 18.1. The van der Waals surface area contributed by atoms with E-state index >= 15 is 0 Å². The Morgan fingerprint density at radius 2 is 1.76 bits per heavy atom. The van der Waals surface area contributed by atoms with Crippen LogP contribution in [0.2, 0.25) is 10.0 Å². The summed E-state index contributed by atoms with van der Waals surface area (Å²) in [4.78, 5) is 12.6. The first-order valence-electron chi connectivity index (χ1n) is 9.83. The van der Waals surface area contributed by atoms with E-state index in [1.54, 1.807) is 54.2 Å². The molecule has 3 aromatic rings. The lowest BCUT2D eigenvalue weighted by Crippen LogP contribution is -2.29. The molecule has 0 radical (unpaired) electrons. The van der Waals surface area contributed by atoms with Gasteiger partial charge >= 0.3 is 0 Å². The molecule has 0 saturated heterocycles. The molecule has 1 aromatic heterocycles. The summed E-state index contributed by atoms with van der Waals surface area (Å²) < 4.78 is 26.9. The topological polar surface area (TPSA) is 92.3 Å². The predicted molar refractivity (Wildman–Crippen MR) is 137 cm³/mol. The van der Waals surface area contributed by atoms with Crippen molar-refractivity contribution in [2.45, 2.75) is 24.7 Å². The number of amides is 1. The second-order valence-corrected chi connectivity index (χ2v) is 12.5. The Kier molecular flexibility index (Phi) is 8.63. The van der Waals surface area contributed by atoms with Crippen LogP contribution in [0.1, 0.15) is 29.8 Å². The Bertz CT molecular complexity index is 1210. The van der Waals surface area contributed by atoms with Gasteiger partial charge in [-0.2, -0.15) is 0 Å². The Labute approximate surface area is 211 Å². The van der Waals surface area contributed by atoms with Gasteiger partial charge in [0.1, 0.15) is 0 Å². The second-order valence-electron chi connectivity index (χ2n) is 7.55. The van der Waals surface area contributed by atoms with Gasteiger partial charge in [-0.25, -0.2) is 8.42 Å². The third-order valence-corrected chi connectivity index (χ3v) is 8.60. The average Bonchev–Trinajstić information content (AvgIpc) is 3.18. The molecule has 0 aliphatic carbocycles. The smallest absolute Gasteiger partial charge is 0.257 e. The van der Waals surface area contributed by atoms with Crippen LogP contribution in [0.5, 0.6) is 0 Å². The molecule has 1 heterocycles. The number of benzene rings is 2. The molecule has 0 fully saturated rings. The van der Waals surface area contributed by atoms with Crippen molar-refractivity contribution in [2.24, 2.45) is 5.92 Å². The summed E-state index contributed by atoms with van der Waals surface area (Å²) >= 11 is 15.3. The van der Waals surface area contributed by atoms with Crippen LogP contribution in [-0.2, 0) is 16.6 Å². The number of rotatable bonds is 9. The Hall–Kier alpha value is -1.85. The first-order valence-corrected chi connectivity index (χ1v) is 14.2. The number of halogens is 2. The molecular weight excluding hydrogens is 523 g/mol. The van der Waals surface area contributed by atoms with Crippen molar-refractivity contribution in [2.75, 3.05) is 21.6 Å². The molecule has 0 bridgehead atoms. The third-order valence-electron chi connectivity index (χ3n) is 4.35. The molecule has 7 nitrogen and oxygen atoms in total. The first-order chi connectivity index (χ1) is 15.5. The fourth-order valence-electron chi connectivity index (χ4n) is 2.73. The van der Waals surface area contributed by atoms with Crippen LogP contribution >= 0.6 is 46.3 Å². The van der Waals surface area contributed by atoms with Crippen molar-refractivity contribution in [1.29, 1.82) is 0 Å². The number of nitrogens with zero attached hydrogens (tertiary/aromatic N) is 3. The van der Waals surface area contributed by atoms with Crippen molar-refractivity contribution in [3.05, 3.63) is 63.6 Å². The molecule has 0 spiro atoms. The average molecular weight is 546 g/mol. The summed E-state index contributed by atoms with van der Waals surface area (Å²) in [7, 11) is -3.64. The maximum absolute atomic E-state index is 12.6. The lowest BCUT2D eigenvalue weighted by molar-refractivity contribution is 0.102.